The number of rotatable bonds is 1. The smallest absolute Gasteiger partial charge is 0.187 e. The lowest BCUT2D eigenvalue weighted by Crippen LogP contribution is -2.36. The van der Waals surface area contributed by atoms with Gasteiger partial charge in [-0.25, -0.2) is 14.4 Å². The standard InChI is InChI=1S/C15H17ClFN5/c1-15(2,3)11-10(17)12(18)22-14(21-11)9-6-20-13-8(9)4-7(16)5-19-13/h4-6,13,19-20H,1-3H3,(H2,18,21,22). The van der Waals surface area contributed by atoms with Crippen molar-refractivity contribution in [2.75, 3.05) is 5.73 Å². The lowest BCUT2D eigenvalue weighted by Gasteiger charge is -2.21. The molecule has 0 fully saturated rings. The summed E-state index contributed by atoms with van der Waals surface area (Å²) >= 11 is 6.04. The Balaban J connectivity index is 2.10. The van der Waals surface area contributed by atoms with Crippen molar-refractivity contribution in [3.8, 4) is 0 Å². The number of nitrogens with one attached hydrogen (secondary N) is 2. The van der Waals surface area contributed by atoms with Crippen molar-refractivity contribution in [1.29, 1.82) is 0 Å². The van der Waals surface area contributed by atoms with E-state index in [9.17, 15) is 4.39 Å². The Hall–Kier alpha value is -2.08. The van der Waals surface area contributed by atoms with Crippen LogP contribution >= 0.6 is 11.6 Å². The molecule has 4 N–H and O–H groups in total. The molecular weight excluding hydrogens is 305 g/mol. The van der Waals surface area contributed by atoms with Crippen LogP contribution in [-0.2, 0) is 5.41 Å². The maximum Gasteiger partial charge on any atom is 0.187 e. The van der Waals surface area contributed by atoms with Crippen molar-refractivity contribution < 1.29 is 4.39 Å². The first-order chi connectivity index (χ1) is 10.3. The number of aromatic nitrogens is 2. The van der Waals surface area contributed by atoms with Gasteiger partial charge in [0.2, 0.25) is 0 Å². The maximum absolute atomic E-state index is 14.2. The van der Waals surface area contributed by atoms with Crippen LogP contribution in [0.2, 0.25) is 0 Å². The molecule has 1 unspecified atom stereocenters. The molecule has 0 saturated carbocycles. The van der Waals surface area contributed by atoms with Gasteiger partial charge in [-0.3, -0.25) is 0 Å². The van der Waals surface area contributed by atoms with Crippen LogP contribution in [0.5, 0.6) is 0 Å². The van der Waals surface area contributed by atoms with Crippen LogP contribution in [0.15, 0.2) is 29.1 Å². The molecule has 7 heteroatoms. The Morgan fingerprint density at radius 1 is 1.23 bits per heavy atom. The highest BCUT2D eigenvalue weighted by Gasteiger charge is 2.30. The molecule has 0 radical (unpaired) electrons. The molecule has 5 nitrogen and oxygen atoms in total. The van der Waals surface area contributed by atoms with Crippen molar-refractivity contribution in [3.05, 3.63) is 46.4 Å². The summed E-state index contributed by atoms with van der Waals surface area (Å²) in [6.07, 6.45) is 5.23. The van der Waals surface area contributed by atoms with Gasteiger partial charge in [0.1, 0.15) is 6.17 Å². The summed E-state index contributed by atoms with van der Waals surface area (Å²) in [6, 6.07) is 0. The fourth-order valence-electron chi connectivity index (χ4n) is 2.42. The monoisotopic (exact) mass is 321 g/mol. The number of nitrogens with zero attached hydrogens (tertiary/aromatic N) is 2. The van der Waals surface area contributed by atoms with E-state index >= 15 is 0 Å². The van der Waals surface area contributed by atoms with Gasteiger partial charge >= 0.3 is 0 Å². The van der Waals surface area contributed by atoms with Gasteiger partial charge in [-0.1, -0.05) is 32.4 Å². The van der Waals surface area contributed by atoms with Gasteiger partial charge in [0.25, 0.3) is 0 Å². The second kappa shape index (κ2) is 4.98. The first-order valence-corrected chi connectivity index (χ1v) is 7.29. The average Bonchev–Trinajstić information content (AvgIpc) is 2.83. The van der Waals surface area contributed by atoms with Crippen molar-refractivity contribution in [2.45, 2.75) is 32.4 Å². The molecule has 1 aromatic heterocycles. The first kappa shape index (κ1) is 14.8. The minimum atomic E-state index is -0.562. The van der Waals surface area contributed by atoms with Crippen LogP contribution in [0.1, 0.15) is 32.3 Å². The number of anilines is 1. The van der Waals surface area contributed by atoms with E-state index in [1.165, 1.54) is 0 Å². The van der Waals surface area contributed by atoms with Crippen molar-refractivity contribution in [2.24, 2.45) is 0 Å². The molecule has 3 rings (SSSR count). The quantitative estimate of drug-likeness (QED) is 0.740. The molecule has 0 saturated heterocycles. The minimum absolute atomic E-state index is 0.0922. The van der Waals surface area contributed by atoms with Crippen molar-refractivity contribution in [3.63, 3.8) is 0 Å². The molecule has 116 valence electrons. The average molecular weight is 322 g/mol. The highest BCUT2D eigenvalue weighted by atomic mass is 35.5. The summed E-state index contributed by atoms with van der Waals surface area (Å²) < 4.78 is 14.2. The van der Waals surface area contributed by atoms with Gasteiger partial charge in [0.15, 0.2) is 17.5 Å². The molecule has 0 spiro atoms. The summed E-state index contributed by atoms with van der Waals surface area (Å²) in [5, 5.41) is 6.85. The molecule has 0 amide bonds. The topological polar surface area (TPSA) is 75.9 Å². The van der Waals surface area contributed by atoms with Crippen LogP contribution < -0.4 is 16.4 Å². The zero-order valence-electron chi connectivity index (χ0n) is 12.5. The lowest BCUT2D eigenvalue weighted by atomic mass is 9.91. The summed E-state index contributed by atoms with van der Waals surface area (Å²) in [4.78, 5) is 8.49. The summed E-state index contributed by atoms with van der Waals surface area (Å²) in [5.41, 5.74) is 7.21. The molecule has 0 bridgehead atoms. The van der Waals surface area contributed by atoms with E-state index in [0.717, 1.165) is 11.1 Å². The Morgan fingerprint density at radius 3 is 2.59 bits per heavy atom. The molecular formula is C15H17ClFN5. The van der Waals surface area contributed by atoms with Crippen LogP contribution in [0.4, 0.5) is 10.2 Å². The van der Waals surface area contributed by atoms with Crippen LogP contribution in [0.3, 0.4) is 0 Å². The SMILES string of the molecule is CC(C)(C)c1nc(C2=CNC3NC=C(Cl)C=C23)nc(N)c1F. The number of halogens is 2. The van der Waals surface area contributed by atoms with Crippen LogP contribution in [0.25, 0.3) is 5.57 Å². The highest BCUT2D eigenvalue weighted by molar-refractivity contribution is 6.31. The third-order valence-corrected chi connectivity index (χ3v) is 3.74. The largest absolute Gasteiger partial charge is 0.381 e. The van der Waals surface area contributed by atoms with Crippen LogP contribution in [0, 0.1) is 5.82 Å². The summed E-state index contributed by atoms with van der Waals surface area (Å²) in [7, 11) is 0. The molecule has 0 aromatic carbocycles. The second-order valence-corrected chi connectivity index (χ2v) is 6.73. The Morgan fingerprint density at radius 2 is 1.91 bits per heavy atom. The van der Waals surface area contributed by atoms with Gasteiger partial charge in [0.05, 0.1) is 10.7 Å². The van der Waals surface area contributed by atoms with Crippen LogP contribution in [-0.4, -0.2) is 16.1 Å². The Labute approximate surface area is 133 Å². The summed E-state index contributed by atoms with van der Waals surface area (Å²) in [6.45, 7) is 5.65. The first-order valence-electron chi connectivity index (χ1n) is 6.91. The van der Waals surface area contributed by atoms with Gasteiger partial charge < -0.3 is 16.4 Å². The molecule has 0 aliphatic carbocycles. The minimum Gasteiger partial charge on any atom is -0.381 e. The zero-order chi connectivity index (χ0) is 16.1. The normalized spacial score (nSPS) is 20.4. The van der Waals surface area contributed by atoms with E-state index in [-0.39, 0.29) is 12.0 Å². The van der Waals surface area contributed by atoms with Crippen molar-refractivity contribution >= 4 is 23.0 Å². The van der Waals surface area contributed by atoms with E-state index in [1.54, 1.807) is 12.4 Å². The molecule has 22 heavy (non-hydrogen) atoms. The zero-order valence-corrected chi connectivity index (χ0v) is 13.3. The summed E-state index contributed by atoms with van der Waals surface area (Å²) in [5.74, 6) is -0.323. The molecule has 2 aliphatic heterocycles. The Bertz CT molecular complexity index is 730. The number of dihydropyridines is 1. The predicted molar refractivity (Wildman–Crippen MR) is 85.2 cm³/mol. The van der Waals surface area contributed by atoms with Gasteiger partial charge in [-0.2, -0.15) is 0 Å². The second-order valence-electron chi connectivity index (χ2n) is 6.30. The van der Waals surface area contributed by atoms with E-state index in [0.29, 0.717) is 16.6 Å². The Kier molecular flexibility index (Phi) is 3.36. The third kappa shape index (κ3) is 2.43. The van der Waals surface area contributed by atoms with E-state index in [4.69, 9.17) is 17.3 Å². The number of fused-ring (bicyclic) bond motifs is 1. The van der Waals surface area contributed by atoms with E-state index in [2.05, 4.69) is 20.6 Å². The van der Waals surface area contributed by atoms with Gasteiger partial charge in [0, 0.05) is 29.0 Å². The maximum atomic E-state index is 14.2. The number of nitrogens with two attached hydrogens (primary N) is 1. The number of hydrogen-bond acceptors (Lipinski definition) is 5. The molecule has 1 aromatic rings. The van der Waals surface area contributed by atoms with E-state index in [1.807, 2.05) is 26.8 Å². The van der Waals surface area contributed by atoms with Gasteiger partial charge in [-0.15, -0.1) is 0 Å². The molecule has 2 aliphatic rings. The lowest BCUT2D eigenvalue weighted by molar-refractivity contribution is 0.500. The number of hydrogen-bond donors (Lipinski definition) is 3. The van der Waals surface area contributed by atoms with E-state index < -0.39 is 11.2 Å². The molecule has 3 heterocycles. The molecule has 1 atom stereocenters. The van der Waals surface area contributed by atoms with Gasteiger partial charge in [-0.05, 0) is 6.08 Å². The fraction of sp³-hybridized carbons (Fsp3) is 0.333. The number of nitrogen functional groups attached to an aromatic ring is 1. The highest BCUT2D eigenvalue weighted by Crippen LogP contribution is 2.33. The fourth-order valence-corrected chi connectivity index (χ4v) is 2.60. The van der Waals surface area contributed by atoms with Crippen molar-refractivity contribution in [1.82, 2.24) is 20.6 Å². The third-order valence-electron chi connectivity index (χ3n) is 3.53. The number of allylic oxidation sites excluding steroid dienone is 2. The predicted octanol–water partition coefficient (Wildman–Crippen LogP) is 2.38.